The monoisotopic (exact) mass is 257 g/mol. The zero-order valence-electron chi connectivity index (χ0n) is 11.4. The summed E-state index contributed by atoms with van der Waals surface area (Å²) in [6.07, 6.45) is 6.93. The highest BCUT2D eigenvalue weighted by molar-refractivity contribution is 5.79. The molecule has 1 aromatic heterocycles. The Labute approximate surface area is 114 Å². The summed E-state index contributed by atoms with van der Waals surface area (Å²) in [4.78, 5) is 0. The third kappa shape index (κ3) is 2.99. The highest BCUT2D eigenvalue weighted by atomic mass is 15.0. The fourth-order valence-electron chi connectivity index (χ4n) is 3.09. The number of benzene rings is 1. The van der Waals surface area contributed by atoms with Crippen molar-refractivity contribution in [1.29, 1.82) is 0 Å². The number of para-hydroxylation sites is 1. The number of nitrogens with one attached hydrogen (secondary N) is 1. The number of rotatable bonds is 5. The number of nitrogens with zero attached hydrogens (tertiary/aromatic N) is 1. The van der Waals surface area contributed by atoms with Crippen LogP contribution in [-0.4, -0.2) is 23.2 Å². The first-order valence-corrected chi connectivity index (χ1v) is 7.36. The Morgan fingerprint density at radius 2 is 2.11 bits per heavy atom. The Balaban J connectivity index is 1.47. The van der Waals surface area contributed by atoms with Crippen LogP contribution < -0.4 is 11.1 Å². The van der Waals surface area contributed by atoms with E-state index >= 15 is 0 Å². The first-order valence-electron chi connectivity index (χ1n) is 7.36. The molecule has 1 aliphatic carbocycles. The SMILES string of the molecule is NC1CCC(NCCCn2ccc3ccccc32)C1. The van der Waals surface area contributed by atoms with E-state index in [0.717, 1.165) is 19.5 Å². The minimum atomic E-state index is 0.422. The number of hydrogen-bond donors (Lipinski definition) is 2. The molecule has 0 amide bonds. The van der Waals surface area contributed by atoms with Gasteiger partial charge in [-0.3, -0.25) is 0 Å². The predicted molar refractivity (Wildman–Crippen MR) is 80.2 cm³/mol. The van der Waals surface area contributed by atoms with Crippen molar-refractivity contribution in [2.24, 2.45) is 5.73 Å². The van der Waals surface area contributed by atoms with Gasteiger partial charge in [-0.2, -0.15) is 0 Å². The Morgan fingerprint density at radius 1 is 1.21 bits per heavy atom. The molecule has 19 heavy (non-hydrogen) atoms. The van der Waals surface area contributed by atoms with E-state index in [1.807, 2.05) is 0 Å². The average molecular weight is 257 g/mol. The van der Waals surface area contributed by atoms with Gasteiger partial charge < -0.3 is 15.6 Å². The van der Waals surface area contributed by atoms with E-state index in [-0.39, 0.29) is 0 Å². The second kappa shape index (κ2) is 5.76. The molecule has 1 fully saturated rings. The minimum absolute atomic E-state index is 0.422. The van der Waals surface area contributed by atoms with Gasteiger partial charge in [0, 0.05) is 30.3 Å². The maximum Gasteiger partial charge on any atom is 0.0480 e. The standard InChI is InChI=1S/C16H23N3/c17-14-6-7-15(12-14)18-9-3-10-19-11-8-13-4-1-2-5-16(13)19/h1-2,4-5,8,11,14-15,18H,3,6-7,9-10,12,17H2. The lowest BCUT2D eigenvalue weighted by molar-refractivity contribution is 0.493. The molecular formula is C16H23N3. The molecule has 2 atom stereocenters. The Kier molecular flexibility index (Phi) is 3.85. The molecule has 2 unspecified atom stereocenters. The predicted octanol–water partition coefficient (Wildman–Crippen LogP) is 2.50. The molecule has 1 aliphatic rings. The van der Waals surface area contributed by atoms with Crippen LogP contribution in [0.25, 0.3) is 10.9 Å². The minimum Gasteiger partial charge on any atom is -0.347 e. The summed E-state index contributed by atoms with van der Waals surface area (Å²) >= 11 is 0. The summed E-state index contributed by atoms with van der Waals surface area (Å²) in [5, 5.41) is 4.96. The van der Waals surface area contributed by atoms with Gasteiger partial charge in [0.25, 0.3) is 0 Å². The fraction of sp³-hybridized carbons (Fsp3) is 0.500. The molecule has 2 aromatic rings. The van der Waals surface area contributed by atoms with Crippen LogP contribution in [0.4, 0.5) is 0 Å². The summed E-state index contributed by atoms with van der Waals surface area (Å²) in [6.45, 7) is 2.17. The third-order valence-corrected chi connectivity index (χ3v) is 4.16. The van der Waals surface area contributed by atoms with Gasteiger partial charge in [0.15, 0.2) is 0 Å². The molecule has 0 spiro atoms. The van der Waals surface area contributed by atoms with Gasteiger partial charge in [0.05, 0.1) is 0 Å². The van der Waals surface area contributed by atoms with Crippen LogP contribution >= 0.6 is 0 Å². The largest absolute Gasteiger partial charge is 0.347 e. The molecule has 0 aliphatic heterocycles. The maximum absolute atomic E-state index is 5.92. The molecule has 1 aromatic carbocycles. The fourth-order valence-corrected chi connectivity index (χ4v) is 3.09. The number of aryl methyl sites for hydroxylation is 1. The number of fused-ring (bicyclic) bond motifs is 1. The van der Waals surface area contributed by atoms with E-state index < -0.39 is 0 Å². The van der Waals surface area contributed by atoms with Crippen LogP contribution in [0.1, 0.15) is 25.7 Å². The van der Waals surface area contributed by atoms with Gasteiger partial charge in [-0.15, -0.1) is 0 Å². The molecule has 1 saturated carbocycles. The Morgan fingerprint density at radius 3 is 2.95 bits per heavy atom. The van der Waals surface area contributed by atoms with Gasteiger partial charge in [0.2, 0.25) is 0 Å². The Hall–Kier alpha value is -1.32. The number of hydrogen-bond acceptors (Lipinski definition) is 2. The van der Waals surface area contributed by atoms with Crippen LogP contribution in [0, 0.1) is 0 Å². The molecule has 1 heterocycles. The van der Waals surface area contributed by atoms with Crippen molar-refractivity contribution in [3.63, 3.8) is 0 Å². The molecule has 3 N–H and O–H groups in total. The summed E-state index contributed by atoms with van der Waals surface area (Å²) in [5.74, 6) is 0. The van der Waals surface area contributed by atoms with Gasteiger partial charge in [-0.1, -0.05) is 18.2 Å². The van der Waals surface area contributed by atoms with Crippen LogP contribution in [0.15, 0.2) is 36.5 Å². The second-order valence-corrected chi connectivity index (χ2v) is 5.65. The van der Waals surface area contributed by atoms with Crippen molar-refractivity contribution < 1.29 is 0 Å². The first kappa shape index (κ1) is 12.7. The molecule has 3 heteroatoms. The lowest BCUT2D eigenvalue weighted by Gasteiger charge is -2.12. The van der Waals surface area contributed by atoms with Crippen molar-refractivity contribution in [2.45, 2.75) is 44.3 Å². The van der Waals surface area contributed by atoms with Crippen molar-refractivity contribution in [2.75, 3.05) is 6.54 Å². The van der Waals surface area contributed by atoms with E-state index in [2.05, 4.69) is 46.4 Å². The van der Waals surface area contributed by atoms with Crippen LogP contribution in [-0.2, 0) is 6.54 Å². The average Bonchev–Trinajstić information content (AvgIpc) is 3.02. The van der Waals surface area contributed by atoms with Gasteiger partial charge >= 0.3 is 0 Å². The van der Waals surface area contributed by atoms with Crippen LogP contribution in [0.3, 0.4) is 0 Å². The summed E-state index contributed by atoms with van der Waals surface area (Å²) in [5.41, 5.74) is 7.26. The zero-order chi connectivity index (χ0) is 13.1. The summed E-state index contributed by atoms with van der Waals surface area (Å²) in [6, 6.07) is 11.8. The maximum atomic E-state index is 5.92. The van der Waals surface area contributed by atoms with E-state index in [0.29, 0.717) is 12.1 Å². The van der Waals surface area contributed by atoms with E-state index in [9.17, 15) is 0 Å². The van der Waals surface area contributed by atoms with Gasteiger partial charge in [0.1, 0.15) is 0 Å². The molecular weight excluding hydrogens is 234 g/mol. The second-order valence-electron chi connectivity index (χ2n) is 5.65. The van der Waals surface area contributed by atoms with Crippen molar-refractivity contribution in [3.05, 3.63) is 36.5 Å². The highest BCUT2D eigenvalue weighted by Gasteiger charge is 2.20. The highest BCUT2D eigenvalue weighted by Crippen LogP contribution is 2.17. The number of nitrogens with two attached hydrogens (primary N) is 1. The first-order chi connectivity index (χ1) is 9.33. The number of aromatic nitrogens is 1. The Bertz CT molecular complexity index is 532. The quantitative estimate of drug-likeness (QED) is 0.808. The molecule has 0 saturated heterocycles. The third-order valence-electron chi connectivity index (χ3n) is 4.16. The molecule has 3 nitrogen and oxygen atoms in total. The normalized spacial score (nSPS) is 23.2. The van der Waals surface area contributed by atoms with E-state index in [4.69, 9.17) is 5.73 Å². The molecule has 0 radical (unpaired) electrons. The summed E-state index contributed by atoms with van der Waals surface area (Å²) < 4.78 is 2.34. The van der Waals surface area contributed by atoms with Crippen LogP contribution in [0.5, 0.6) is 0 Å². The van der Waals surface area contributed by atoms with Gasteiger partial charge in [-0.25, -0.2) is 0 Å². The molecule has 0 bridgehead atoms. The summed E-state index contributed by atoms with van der Waals surface area (Å²) in [7, 11) is 0. The molecule has 3 rings (SSSR count). The van der Waals surface area contributed by atoms with Crippen molar-refractivity contribution >= 4 is 10.9 Å². The smallest absolute Gasteiger partial charge is 0.0480 e. The van der Waals surface area contributed by atoms with E-state index in [1.54, 1.807) is 0 Å². The topological polar surface area (TPSA) is 43.0 Å². The van der Waals surface area contributed by atoms with Crippen molar-refractivity contribution in [3.8, 4) is 0 Å². The molecule has 102 valence electrons. The lowest BCUT2D eigenvalue weighted by Crippen LogP contribution is -2.29. The van der Waals surface area contributed by atoms with Gasteiger partial charge in [-0.05, 0) is 49.7 Å². The van der Waals surface area contributed by atoms with E-state index in [1.165, 1.54) is 30.2 Å². The van der Waals surface area contributed by atoms with Crippen LogP contribution in [0.2, 0.25) is 0 Å². The zero-order valence-corrected chi connectivity index (χ0v) is 11.4. The lowest BCUT2D eigenvalue weighted by atomic mass is 10.2. The van der Waals surface area contributed by atoms with Crippen molar-refractivity contribution in [1.82, 2.24) is 9.88 Å².